The van der Waals surface area contributed by atoms with Crippen LogP contribution in [0.5, 0.6) is 0 Å². The molecule has 0 aromatic heterocycles. The fourth-order valence-electron chi connectivity index (χ4n) is 1.56. The van der Waals surface area contributed by atoms with E-state index in [4.69, 9.17) is 21.7 Å². The normalized spacial score (nSPS) is 11.0. The van der Waals surface area contributed by atoms with Gasteiger partial charge in [-0.05, 0) is 19.4 Å². The molecule has 0 fully saturated rings. The lowest BCUT2D eigenvalue weighted by Gasteiger charge is -2.03. The third-order valence-electron chi connectivity index (χ3n) is 2.86. The molecule has 0 heterocycles. The monoisotopic (exact) mass is 358 g/mol. The maximum Gasteiger partial charge on any atom is 0.336 e. The molecular weight excluding hydrogens is 340 g/mol. The number of hydrogen-bond donors (Lipinski definition) is 4. The van der Waals surface area contributed by atoms with Gasteiger partial charge in [0.2, 0.25) is 0 Å². The van der Waals surface area contributed by atoms with E-state index in [1.807, 2.05) is 0 Å². The summed E-state index contributed by atoms with van der Waals surface area (Å²) >= 11 is 0. The van der Waals surface area contributed by atoms with Gasteiger partial charge in [0.1, 0.15) is 6.04 Å². The molecule has 12 heteroatoms. The Morgan fingerprint density at radius 2 is 1.52 bits per heavy atom. The van der Waals surface area contributed by atoms with Crippen LogP contribution in [0.3, 0.4) is 0 Å². The number of aliphatic carboxylic acids is 1. The van der Waals surface area contributed by atoms with Gasteiger partial charge in [0.25, 0.3) is 11.4 Å². The van der Waals surface area contributed by atoms with Gasteiger partial charge in [-0.3, -0.25) is 25.0 Å². The second-order valence-corrected chi connectivity index (χ2v) is 4.79. The molecule has 1 aromatic rings. The molecule has 1 rings (SSSR count). The summed E-state index contributed by atoms with van der Waals surface area (Å²) in [5, 5.41) is 37.6. The highest BCUT2D eigenvalue weighted by atomic mass is 16.6. The van der Waals surface area contributed by atoms with Crippen molar-refractivity contribution in [2.45, 2.75) is 25.3 Å². The highest BCUT2D eigenvalue weighted by molar-refractivity contribution is 5.89. The van der Waals surface area contributed by atoms with Gasteiger partial charge in [-0.2, -0.15) is 0 Å². The molecule has 6 N–H and O–H groups in total. The number of carboxylic acid groups (broad SMARTS) is 2. The number of benzene rings is 1. The second-order valence-electron chi connectivity index (χ2n) is 4.79. The van der Waals surface area contributed by atoms with Crippen LogP contribution in [0.25, 0.3) is 0 Å². The zero-order valence-electron chi connectivity index (χ0n) is 13.0. The highest BCUT2D eigenvalue weighted by Gasteiger charge is 2.19. The lowest BCUT2D eigenvalue weighted by atomic mass is 10.1. The number of nitro benzene ring substituents is 2. The van der Waals surface area contributed by atoms with Crippen LogP contribution >= 0.6 is 0 Å². The van der Waals surface area contributed by atoms with Crippen molar-refractivity contribution in [2.75, 3.05) is 6.54 Å². The number of rotatable bonds is 8. The van der Waals surface area contributed by atoms with E-state index in [-0.39, 0.29) is 0 Å². The summed E-state index contributed by atoms with van der Waals surface area (Å²) in [6, 6.07) is 1.50. The molecule has 0 saturated carbocycles. The average molecular weight is 358 g/mol. The first kappa shape index (κ1) is 21.9. The SMILES string of the molecule is NCCCC[C@H](N)C(=O)O.O=C(O)c1cc([N+](=O)[O-])cc([N+](=O)[O-])c1. The Hall–Kier alpha value is -3.12. The average Bonchev–Trinajstić information content (AvgIpc) is 2.54. The van der Waals surface area contributed by atoms with Gasteiger partial charge in [-0.15, -0.1) is 0 Å². The minimum atomic E-state index is -1.46. The number of carbonyl (C=O) groups is 2. The van der Waals surface area contributed by atoms with Crippen molar-refractivity contribution in [3.63, 3.8) is 0 Å². The van der Waals surface area contributed by atoms with E-state index in [0.29, 0.717) is 19.0 Å². The molecule has 25 heavy (non-hydrogen) atoms. The first-order valence-corrected chi connectivity index (χ1v) is 6.95. The van der Waals surface area contributed by atoms with Gasteiger partial charge in [0.05, 0.1) is 21.5 Å². The van der Waals surface area contributed by atoms with Gasteiger partial charge >= 0.3 is 11.9 Å². The van der Waals surface area contributed by atoms with Crippen molar-refractivity contribution in [3.8, 4) is 0 Å². The number of hydrogen-bond acceptors (Lipinski definition) is 8. The zero-order valence-corrected chi connectivity index (χ0v) is 13.0. The molecule has 0 radical (unpaired) electrons. The Kier molecular flexibility index (Phi) is 9.29. The number of aromatic carboxylic acids is 1. The van der Waals surface area contributed by atoms with E-state index in [9.17, 15) is 29.8 Å². The third-order valence-corrected chi connectivity index (χ3v) is 2.86. The Labute approximate surface area is 141 Å². The van der Waals surface area contributed by atoms with Crippen molar-refractivity contribution in [1.29, 1.82) is 0 Å². The van der Waals surface area contributed by atoms with Gasteiger partial charge in [-0.1, -0.05) is 6.42 Å². The number of nitrogens with two attached hydrogens (primary N) is 2. The maximum absolute atomic E-state index is 10.5. The molecule has 0 unspecified atom stereocenters. The smallest absolute Gasteiger partial charge is 0.336 e. The Morgan fingerprint density at radius 1 is 1.04 bits per heavy atom. The Morgan fingerprint density at radius 3 is 1.84 bits per heavy atom. The molecule has 1 atom stereocenters. The molecule has 0 amide bonds. The van der Waals surface area contributed by atoms with E-state index >= 15 is 0 Å². The van der Waals surface area contributed by atoms with Crippen LogP contribution in [-0.4, -0.2) is 44.6 Å². The standard InChI is InChI=1S/C7H4N2O6.C6H14N2O2/c10-7(11)4-1-5(8(12)13)3-6(2-4)9(14)15;7-4-2-1-3-5(8)6(9)10/h1-3H,(H,10,11);5H,1-4,7-8H2,(H,9,10)/t;5-/m.0/s1. The number of carboxylic acids is 2. The van der Waals surface area contributed by atoms with E-state index in [1.54, 1.807) is 0 Å². The summed E-state index contributed by atoms with van der Waals surface area (Å²) in [6.45, 7) is 0.604. The molecule has 12 nitrogen and oxygen atoms in total. The molecule has 0 saturated heterocycles. The minimum Gasteiger partial charge on any atom is -0.480 e. The quantitative estimate of drug-likeness (QED) is 0.290. The van der Waals surface area contributed by atoms with E-state index in [1.165, 1.54) is 0 Å². The van der Waals surface area contributed by atoms with Crippen molar-refractivity contribution in [3.05, 3.63) is 44.0 Å². The van der Waals surface area contributed by atoms with Crippen molar-refractivity contribution >= 4 is 23.3 Å². The largest absolute Gasteiger partial charge is 0.480 e. The van der Waals surface area contributed by atoms with Crippen LogP contribution in [0.2, 0.25) is 0 Å². The van der Waals surface area contributed by atoms with Crippen LogP contribution in [0.1, 0.15) is 29.6 Å². The zero-order chi connectivity index (χ0) is 19.6. The van der Waals surface area contributed by atoms with Crippen LogP contribution < -0.4 is 11.5 Å². The lowest BCUT2D eigenvalue weighted by Crippen LogP contribution is -2.29. The second kappa shape index (κ2) is 10.6. The van der Waals surface area contributed by atoms with Crippen LogP contribution in [0.4, 0.5) is 11.4 Å². The molecule has 0 spiro atoms. The summed E-state index contributed by atoms with van der Waals surface area (Å²) in [5.41, 5.74) is 8.68. The Bertz CT molecular complexity index is 570. The van der Waals surface area contributed by atoms with E-state index < -0.39 is 44.8 Å². The number of nitro groups is 2. The molecular formula is C13H18N4O8. The minimum absolute atomic E-state index is 0.490. The predicted molar refractivity (Wildman–Crippen MR) is 85.2 cm³/mol. The number of non-ortho nitro benzene ring substituents is 2. The number of nitrogens with zero attached hydrogens (tertiary/aromatic N) is 2. The van der Waals surface area contributed by atoms with Crippen LogP contribution in [0, 0.1) is 20.2 Å². The summed E-state index contributed by atoms with van der Waals surface area (Å²) in [5.74, 6) is -2.39. The third kappa shape index (κ3) is 8.34. The van der Waals surface area contributed by atoms with E-state index in [2.05, 4.69) is 0 Å². The van der Waals surface area contributed by atoms with E-state index in [0.717, 1.165) is 25.0 Å². The summed E-state index contributed by atoms with van der Waals surface area (Å²) in [7, 11) is 0. The van der Waals surface area contributed by atoms with Crippen LogP contribution in [-0.2, 0) is 4.79 Å². The van der Waals surface area contributed by atoms with Crippen molar-refractivity contribution in [2.24, 2.45) is 11.5 Å². The Balaban J connectivity index is 0.000000504. The van der Waals surface area contributed by atoms with Crippen molar-refractivity contribution in [1.82, 2.24) is 0 Å². The molecule has 1 aromatic carbocycles. The van der Waals surface area contributed by atoms with Gasteiger partial charge < -0.3 is 21.7 Å². The summed E-state index contributed by atoms with van der Waals surface area (Å²) in [6.07, 6.45) is 2.16. The molecule has 0 aliphatic heterocycles. The molecule has 0 aliphatic rings. The first-order valence-electron chi connectivity index (χ1n) is 6.95. The summed E-state index contributed by atoms with van der Waals surface area (Å²) < 4.78 is 0. The lowest BCUT2D eigenvalue weighted by molar-refractivity contribution is -0.394. The van der Waals surface area contributed by atoms with Gasteiger partial charge in [0.15, 0.2) is 0 Å². The van der Waals surface area contributed by atoms with Crippen molar-refractivity contribution < 1.29 is 29.6 Å². The topological polar surface area (TPSA) is 213 Å². The molecule has 0 bridgehead atoms. The fraction of sp³-hybridized carbons (Fsp3) is 0.385. The summed E-state index contributed by atoms with van der Waals surface area (Å²) in [4.78, 5) is 39.5. The molecule has 0 aliphatic carbocycles. The van der Waals surface area contributed by atoms with Gasteiger partial charge in [0, 0.05) is 12.1 Å². The van der Waals surface area contributed by atoms with Crippen LogP contribution in [0.15, 0.2) is 18.2 Å². The fourth-order valence-corrected chi connectivity index (χ4v) is 1.56. The first-order chi connectivity index (χ1) is 11.6. The van der Waals surface area contributed by atoms with Gasteiger partial charge in [-0.25, -0.2) is 4.79 Å². The number of unbranched alkanes of at least 4 members (excludes halogenated alkanes) is 1. The predicted octanol–water partition coefficient (Wildman–Crippen LogP) is 0.729. The maximum atomic E-state index is 10.5. The molecule has 138 valence electrons. The highest BCUT2D eigenvalue weighted by Crippen LogP contribution is 2.22.